The lowest BCUT2D eigenvalue weighted by molar-refractivity contribution is -0.116. The number of aromatic nitrogens is 3. The summed E-state index contributed by atoms with van der Waals surface area (Å²) in [6.07, 6.45) is 1.76. The molecule has 3 aromatic rings. The van der Waals surface area contributed by atoms with Crippen molar-refractivity contribution < 1.29 is 9.53 Å². The number of hydrogen-bond acceptors (Lipinski definition) is 6. The van der Waals surface area contributed by atoms with Crippen molar-refractivity contribution in [3.63, 3.8) is 0 Å². The maximum absolute atomic E-state index is 13.2. The van der Waals surface area contributed by atoms with E-state index in [-0.39, 0.29) is 11.9 Å². The lowest BCUT2D eigenvalue weighted by Gasteiger charge is -2.33. The summed E-state index contributed by atoms with van der Waals surface area (Å²) < 4.78 is 7.07. The standard InChI is InChI=1S/C21H22ClN5O2S/c1-3-4-17-24-25-21-27(17)26-18(13-5-7-14(22)8-6-13)19(30-21)20(28)23-15-9-11-16(29-2)12-10-15/h5-12,18-19,26H,3-4H2,1-2H3,(H,23,28). The Labute approximate surface area is 184 Å². The zero-order chi connectivity index (χ0) is 21.1. The number of fused-ring (bicyclic) bond motifs is 1. The largest absolute Gasteiger partial charge is 0.497 e. The van der Waals surface area contributed by atoms with Crippen LogP contribution in [0.3, 0.4) is 0 Å². The van der Waals surface area contributed by atoms with Crippen LogP contribution in [0.5, 0.6) is 5.75 Å². The zero-order valence-electron chi connectivity index (χ0n) is 16.6. The second-order valence-electron chi connectivity index (χ2n) is 6.90. The first-order valence-electron chi connectivity index (χ1n) is 9.67. The summed E-state index contributed by atoms with van der Waals surface area (Å²) >= 11 is 7.47. The van der Waals surface area contributed by atoms with Gasteiger partial charge in [0.25, 0.3) is 0 Å². The third kappa shape index (κ3) is 4.24. The first-order valence-corrected chi connectivity index (χ1v) is 10.9. The van der Waals surface area contributed by atoms with Crippen molar-refractivity contribution in [2.24, 2.45) is 0 Å². The number of carbonyl (C=O) groups is 1. The summed E-state index contributed by atoms with van der Waals surface area (Å²) in [5.74, 6) is 1.47. The van der Waals surface area contributed by atoms with Crippen molar-refractivity contribution in [2.45, 2.75) is 36.2 Å². The molecule has 30 heavy (non-hydrogen) atoms. The molecule has 2 aromatic carbocycles. The number of rotatable bonds is 6. The van der Waals surface area contributed by atoms with Gasteiger partial charge in [-0.25, -0.2) is 4.68 Å². The van der Waals surface area contributed by atoms with Gasteiger partial charge >= 0.3 is 0 Å². The van der Waals surface area contributed by atoms with Gasteiger partial charge in [0, 0.05) is 17.1 Å². The lowest BCUT2D eigenvalue weighted by Crippen LogP contribution is -2.41. The normalized spacial score (nSPS) is 17.7. The van der Waals surface area contributed by atoms with E-state index >= 15 is 0 Å². The molecule has 1 aliphatic rings. The van der Waals surface area contributed by atoms with E-state index in [1.807, 2.05) is 53.2 Å². The number of amides is 1. The summed E-state index contributed by atoms with van der Waals surface area (Å²) in [7, 11) is 1.61. The van der Waals surface area contributed by atoms with Gasteiger partial charge in [0.1, 0.15) is 11.0 Å². The highest BCUT2D eigenvalue weighted by molar-refractivity contribution is 8.00. The van der Waals surface area contributed by atoms with Gasteiger partial charge in [0.15, 0.2) is 5.82 Å². The van der Waals surface area contributed by atoms with Crippen molar-refractivity contribution in [1.29, 1.82) is 0 Å². The molecule has 2 heterocycles. The van der Waals surface area contributed by atoms with Crippen LogP contribution in [-0.2, 0) is 11.2 Å². The number of ether oxygens (including phenoxy) is 1. The molecule has 0 radical (unpaired) electrons. The highest BCUT2D eigenvalue weighted by atomic mass is 35.5. The summed E-state index contributed by atoms with van der Waals surface area (Å²) in [5.41, 5.74) is 5.11. The van der Waals surface area contributed by atoms with Crippen molar-refractivity contribution in [2.75, 3.05) is 17.9 Å². The minimum absolute atomic E-state index is 0.121. The molecule has 0 saturated heterocycles. The third-order valence-corrected chi connectivity index (χ3v) is 6.29. The van der Waals surface area contributed by atoms with Gasteiger partial charge < -0.3 is 15.5 Å². The molecule has 1 amide bonds. The number of halogens is 1. The first kappa shape index (κ1) is 20.6. The number of thioether (sulfide) groups is 1. The number of hydrogen-bond donors (Lipinski definition) is 2. The summed E-state index contributed by atoms with van der Waals surface area (Å²) in [6.45, 7) is 2.10. The Morgan fingerprint density at radius 1 is 1.20 bits per heavy atom. The average molecular weight is 444 g/mol. The van der Waals surface area contributed by atoms with Crippen LogP contribution in [0.15, 0.2) is 53.7 Å². The topological polar surface area (TPSA) is 81.1 Å². The van der Waals surface area contributed by atoms with E-state index in [0.29, 0.717) is 15.9 Å². The Bertz CT molecular complexity index is 1020. The van der Waals surface area contributed by atoms with E-state index < -0.39 is 5.25 Å². The molecule has 2 atom stereocenters. The summed E-state index contributed by atoms with van der Waals surface area (Å²) in [6, 6.07) is 14.5. The quantitative estimate of drug-likeness (QED) is 0.591. The smallest absolute Gasteiger partial charge is 0.240 e. The summed E-state index contributed by atoms with van der Waals surface area (Å²) in [4.78, 5) is 13.2. The van der Waals surface area contributed by atoms with Gasteiger partial charge in [-0.3, -0.25) is 4.79 Å². The molecule has 7 nitrogen and oxygen atoms in total. The molecule has 4 rings (SSSR count). The minimum Gasteiger partial charge on any atom is -0.497 e. The van der Waals surface area contributed by atoms with Gasteiger partial charge in [0.05, 0.1) is 13.2 Å². The van der Waals surface area contributed by atoms with Gasteiger partial charge in [-0.1, -0.05) is 42.4 Å². The van der Waals surface area contributed by atoms with Crippen molar-refractivity contribution in [3.05, 3.63) is 64.9 Å². The van der Waals surface area contributed by atoms with E-state index in [4.69, 9.17) is 16.3 Å². The van der Waals surface area contributed by atoms with E-state index in [0.717, 1.165) is 30.0 Å². The molecule has 0 bridgehead atoms. The predicted molar refractivity (Wildman–Crippen MR) is 119 cm³/mol. The van der Waals surface area contributed by atoms with Crippen LogP contribution in [-0.4, -0.2) is 33.1 Å². The molecule has 1 aliphatic heterocycles. The van der Waals surface area contributed by atoms with Crippen LogP contribution in [0.2, 0.25) is 5.02 Å². The fraction of sp³-hybridized carbons (Fsp3) is 0.286. The van der Waals surface area contributed by atoms with Gasteiger partial charge in [-0.15, -0.1) is 10.2 Å². The predicted octanol–water partition coefficient (Wildman–Crippen LogP) is 4.29. The third-order valence-electron chi connectivity index (χ3n) is 4.82. The number of carbonyl (C=O) groups excluding carboxylic acids is 1. The number of anilines is 1. The van der Waals surface area contributed by atoms with Crippen LogP contribution in [0, 0.1) is 0 Å². The molecule has 156 valence electrons. The molecule has 0 fully saturated rings. The zero-order valence-corrected chi connectivity index (χ0v) is 18.2. The molecule has 2 N–H and O–H groups in total. The number of methoxy groups -OCH3 is 1. The molecule has 2 unspecified atom stereocenters. The van der Waals surface area contributed by atoms with E-state index in [9.17, 15) is 4.79 Å². The van der Waals surface area contributed by atoms with Crippen LogP contribution in [0.25, 0.3) is 0 Å². The average Bonchev–Trinajstić information content (AvgIpc) is 3.16. The Morgan fingerprint density at radius 3 is 2.60 bits per heavy atom. The lowest BCUT2D eigenvalue weighted by atomic mass is 10.0. The van der Waals surface area contributed by atoms with Crippen LogP contribution >= 0.6 is 23.4 Å². The summed E-state index contributed by atoms with van der Waals surface area (Å²) in [5, 5.41) is 12.4. The molecular formula is C21H22ClN5O2S. The molecule has 0 spiro atoms. The van der Waals surface area contributed by atoms with Crippen molar-refractivity contribution in [1.82, 2.24) is 14.9 Å². The second-order valence-corrected chi connectivity index (χ2v) is 8.44. The Hall–Kier alpha value is -2.71. The van der Waals surface area contributed by atoms with E-state index in [1.165, 1.54) is 11.8 Å². The number of aryl methyl sites for hydroxylation is 1. The van der Waals surface area contributed by atoms with Crippen LogP contribution in [0.4, 0.5) is 5.69 Å². The fourth-order valence-corrected chi connectivity index (χ4v) is 4.52. The highest BCUT2D eigenvalue weighted by Gasteiger charge is 2.37. The fourth-order valence-electron chi connectivity index (χ4n) is 3.29. The van der Waals surface area contributed by atoms with Crippen molar-refractivity contribution in [3.8, 4) is 5.75 Å². The first-order chi connectivity index (χ1) is 14.6. The van der Waals surface area contributed by atoms with Gasteiger partial charge in [-0.05, 0) is 48.4 Å². The Kier molecular flexibility index (Phi) is 6.15. The Morgan fingerprint density at radius 2 is 1.93 bits per heavy atom. The monoisotopic (exact) mass is 443 g/mol. The Balaban J connectivity index is 1.63. The number of nitrogens with one attached hydrogen (secondary N) is 2. The molecule has 9 heteroatoms. The second kappa shape index (κ2) is 8.97. The number of benzene rings is 2. The van der Waals surface area contributed by atoms with Gasteiger partial charge in [-0.2, -0.15) is 0 Å². The van der Waals surface area contributed by atoms with Crippen LogP contribution < -0.4 is 15.5 Å². The molecular weight excluding hydrogens is 422 g/mol. The van der Waals surface area contributed by atoms with Crippen molar-refractivity contribution >= 4 is 35.0 Å². The van der Waals surface area contributed by atoms with Gasteiger partial charge in [0.2, 0.25) is 11.1 Å². The highest BCUT2D eigenvalue weighted by Crippen LogP contribution is 2.38. The molecule has 0 saturated carbocycles. The SMILES string of the molecule is CCCc1nnc2n1NC(c1ccc(Cl)cc1)C(C(=O)Nc1ccc(OC)cc1)S2. The molecule has 0 aliphatic carbocycles. The maximum Gasteiger partial charge on any atom is 0.240 e. The molecule has 1 aromatic heterocycles. The van der Waals surface area contributed by atoms with Crippen LogP contribution in [0.1, 0.15) is 30.8 Å². The minimum atomic E-state index is -0.445. The number of nitrogens with zero attached hydrogens (tertiary/aromatic N) is 3. The van der Waals surface area contributed by atoms with E-state index in [2.05, 4.69) is 27.9 Å². The maximum atomic E-state index is 13.2. The van der Waals surface area contributed by atoms with E-state index in [1.54, 1.807) is 7.11 Å².